The predicted octanol–water partition coefficient (Wildman–Crippen LogP) is 3.95. The van der Waals surface area contributed by atoms with Gasteiger partial charge in [-0.1, -0.05) is 72.8 Å². The molecule has 26 heavy (non-hydrogen) atoms. The van der Waals surface area contributed by atoms with Crippen LogP contribution in [-0.4, -0.2) is 11.8 Å². The highest BCUT2D eigenvalue weighted by Gasteiger charge is 2.22. The van der Waals surface area contributed by atoms with Gasteiger partial charge in [-0.05, 0) is 28.8 Å². The molecule has 0 aliphatic rings. The molecule has 0 spiro atoms. The van der Waals surface area contributed by atoms with Gasteiger partial charge in [-0.2, -0.15) is 0 Å². The van der Waals surface area contributed by atoms with E-state index in [4.69, 9.17) is 5.73 Å². The Labute approximate surface area is 152 Å². The minimum absolute atomic E-state index is 0.0298. The van der Waals surface area contributed by atoms with Crippen LogP contribution < -0.4 is 11.1 Å². The van der Waals surface area contributed by atoms with Crippen molar-refractivity contribution in [1.29, 1.82) is 0 Å². The Morgan fingerprint density at radius 3 is 1.88 bits per heavy atom. The highest BCUT2D eigenvalue weighted by Crippen LogP contribution is 2.24. The van der Waals surface area contributed by atoms with Gasteiger partial charge in [0.15, 0.2) is 0 Å². The fourth-order valence-electron chi connectivity index (χ4n) is 2.85. The molecular formula is C22H20N2O2. The number of rotatable bonds is 6. The first-order chi connectivity index (χ1) is 12.6. The van der Waals surface area contributed by atoms with Crippen LogP contribution in [0.2, 0.25) is 0 Å². The van der Waals surface area contributed by atoms with Crippen molar-refractivity contribution >= 4 is 17.5 Å². The van der Waals surface area contributed by atoms with Crippen LogP contribution in [0.25, 0.3) is 11.1 Å². The molecule has 2 amide bonds. The number of nitrogens with one attached hydrogen (secondary N) is 1. The van der Waals surface area contributed by atoms with Crippen LogP contribution in [0, 0.1) is 0 Å². The Hall–Kier alpha value is -3.40. The number of anilines is 1. The van der Waals surface area contributed by atoms with E-state index >= 15 is 0 Å². The normalized spacial score (nSPS) is 11.5. The van der Waals surface area contributed by atoms with Crippen LogP contribution in [0.3, 0.4) is 0 Å². The Bertz CT molecular complexity index is 875. The van der Waals surface area contributed by atoms with Crippen LogP contribution in [0.1, 0.15) is 17.9 Å². The first kappa shape index (κ1) is 17.4. The second kappa shape index (κ2) is 8.12. The Morgan fingerprint density at radius 2 is 1.31 bits per heavy atom. The molecule has 3 aromatic carbocycles. The van der Waals surface area contributed by atoms with Crippen molar-refractivity contribution in [3.05, 3.63) is 90.5 Å². The van der Waals surface area contributed by atoms with E-state index in [0.29, 0.717) is 5.69 Å². The first-order valence-electron chi connectivity index (χ1n) is 8.43. The molecule has 0 saturated heterocycles. The third kappa shape index (κ3) is 4.36. The van der Waals surface area contributed by atoms with Crippen LogP contribution in [-0.2, 0) is 9.59 Å². The van der Waals surface area contributed by atoms with Gasteiger partial charge in [0, 0.05) is 12.1 Å². The molecule has 130 valence electrons. The van der Waals surface area contributed by atoms with Crippen molar-refractivity contribution in [2.24, 2.45) is 5.73 Å². The molecule has 1 atom stereocenters. The molecule has 0 radical (unpaired) electrons. The molecule has 3 rings (SSSR count). The molecule has 3 N–H and O–H groups in total. The van der Waals surface area contributed by atoms with Gasteiger partial charge in [-0.15, -0.1) is 0 Å². The van der Waals surface area contributed by atoms with Gasteiger partial charge in [-0.25, -0.2) is 0 Å². The average molecular weight is 344 g/mol. The lowest BCUT2D eigenvalue weighted by molar-refractivity contribution is -0.123. The van der Waals surface area contributed by atoms with Crippen LogP contribution in [0.4, 0.5) is 5.69 Å². The standard InChI is InChI=1S/C22H20N2O2/c23-21(25)15-20(18-9-5-2-6-10-18)22(26)24-19-13-11-17(12-14-19)16-7-3-1-4-8-16/h1-14,20H,15H2,(H2,23,25)(H,24,26)/t20-/m1/s1. The maximum Gasteiger partial charge on any atom is 0.232 e. The van der Waals surface area contributed by atoms with E-state index in [9.17, 15) is 9.59 Å². The molecule has 0 aromatic heterocycles. The number of hydrogen-bond acceptors (Lipinski definition) is 2. The van der Waals surface area contributed by atoms with Gasteiger partial charge in [0.25, 0.3) is 0 Å². The van der Waals surface area contributed by atoms with Crippen molar-refractivity contribution in [3.8, 4) is 11.1 Å². The number of carbonyl (C=O) groups is 2. The van der Waals surface area contributed by atoms with Crippen molar-refractivity contribution in [3.63, 3.8) is 0 Å². The number of nitrogens with two attached hydrogens (primary N) is 1. The Morgan fingerprint density at radius 1 is 0.769 bits per heavy atom. The molecule has 4 heteroatoms. The van der Waals surface area contributed by atoms with Crippen molar-refractivity contribution in [2.45, 2.75) is 12.3 Å². The van der Waals surface area contributed by atoms with E-state index in [-0.39, 0.29) is 12.3 Å². The molecule has 0 aliphatic heterocycles. The summed E-state index contributed by atoms with van der Waals surface area (Å²) in [6.07, 6.45) is -0.0298. The SMILES string of the molecule is NC(=O)C[C@@H](C(=O)Nc1ccc(-c2ccccc2)cc1)c1ccccc1. The summed E-state index contributed by atoms with van der Waals surface area (Å²) >= 11 is 0. The molecule has 3 aromatic rings. The summed E-state index contributed by atoms with van der Waals surface area (Å²) in [6, 6.07) is 26.8. The molecule has 4 nitrogen and oxygen atoms in total. The summed E-state index contributed by atoms with van der Waals surface area (Å²) < 4.78 is 0. The summed E-state index contributed by atoms with van der Waals surface area (Å²) in [5.74, 6) is -1.36. The summed E-state index contributed by atoms with van der Waals surface area (Å²) in [7, 11) is 0. The molecule has 0 unspecified atom stereocenters. The van der Waals surface area contributed by atoms with Crippen molar-refractivity contribution < 1.29 is 9.59 Å². The van der Waals surface area contributed by atoms with E-state index in [0.717, 1.165) is 16.7 Å². The van der Waals surface area contributed by atoms with E-state index in [1.165, 1.54) is 0 Å². The number of benzene rings is 3. The molecular weight excluding hydrogens is 324 g/mol. The fourth-order valence-corrected chi connectivity index (χ4v) is 2.85. The van der Waals surface area contributed by atoms with Crippen LogP contribution in [0.5, 0.6) is 0 Å². The Balaban J connectivity index is 1.76. The number of hydrogen-bond donors (Lipinski definition) is 2. The van der Waals surface area contributed by atoms with Gasteiger partial charge in [0.2, 0.25) is 11.8 Å². The maximum absolute atomic E-state index is 12.7. The van der Waals surface area contributed by atoms with Gasteiger partial charge in [0.05, 0.1) is 5.92 Å². The van der Waals surface area contributed by atoms with E-state index in [2.05, 4.69) is 5.32 Å². The van der Waals surface area contributed by atoms with Gasteiger partial charge >= 0.3 is 0 Å². The molecule has 0 fully saturated rings. The van der Waals surface area contributed by atoms with Gasteiger partial charge in [0.1, 0.15) is 0 Å². The lowest BCUT2D eigenvalue weighted by atomic mass is 9.94. The number of amides is 2. The third-order valence-electron chi connectivity index (χ3n) is 4.18. The van der Waals surface area contributed by atoms with Crippen LogP contribution >= 0.6 is 0 Å². The maximum atomic E-state index is 12.7. The average Bonchev–Trinajstić information content (AvgIpc) is 2.68. The van der Waals surface area contributed by atoms with E-state index in [1.807, 2.05) is 84.9 Å². The third-order valence-corrected chi connectivity index (χ3v) is 4.18. The second-order valence-electron chi connectivity index (χ2n) is 6.07. The topological polar surface area (TPSA) is 72.2 Å². The molecule has 0 aliphatic carbocycles. The van der Waals surface area contributed by atoms with Gasteiger partial charge < -0.3 is 11.1 Å². The number of primary amides is 1. The largest absolute Gasteiger partial charge is 0.370 e. The highest BCUT2D eigenvalue weighted by atomic mass is 16.2. The number of carbonyl (C=O) groups excluding carboxylic acids is 2. The Kier molecular flexibility index (Phi) is 5.44. The molecule has 0 saturated carbocycles. The lowest BCUT2D eigenvalue weighted by Crippen LogP contribution is -2.26. The predicted molar refractivity (Wildman–Crippen MR) is 104 cm³/mol. The molecule has 0 bridgehead atoms. The van der Waals surface area contributed by atoms with E-state index < -0.39 is 11.8 Å². The zero-order valence-corrected chi connectivity index (χ0v) is 14.3. The van der Waals surface area contributed by atoms with Crippen molar-refractivity contribution in [2.75, 3.05) is 5.32 Å². The lowest BCUT2D eigenvalue weighted by Gasteiger charge is -2.16. The smallest absolute Gasteiger partial charge is 0.232 e. The summed E-state index contributed by atoms with van der Waals surface area (Å²) in [5.41, 5.74) is 8.96. The monoisotopic (exact) mass is 344 g/mol. The first-order valence-corrected chi connectivity index (χ1v) is 8.43. The minimum atomic E-state index is -0.609. The van der Waals surface area contributed by atoms with E-state index in [1.54, 1.807) is 0 Å². The quantitative estimate of drug-likeness (QED) is 0.710. The minimum Gasteiger partial charge on any atom is -0.370 e. The molecule has 0 heterocycles. The van der Waals surface area contributed by atoms with Crippen LogP contribution in [0.15, 0.2) is 84.9 Å². The van der Waals surface area contributed by atoms with Crippen molar-refractivity contribution in [1.82, 2.24) is 0 Å². The summed E-state index contributed by atoms with van der Waals surface area (Å²) in [4.78, 5) is 24.1. The summed E-state index contributed by atoms with van der Waals surface area (Å²) in [5, 5.41) is 2.88. The van der Waals surface area contributed by atoms with Gasteiger partial charge in [-0.3, -0.25) is 9.59 Å². The second-order valence-corrected chi connectivity index (χ2v) is 6.07. The zero-order chi connectivity index (χ0) is 18.4. The highest BCUT2D eigenvalue weighted by molar-refractivity contribution is 5.98. The fraction of sp³-hybridized carbons (Fsp3) is 0.0909. The zero-order valence-electron chi connectivity index (χ0n) is 14.3. The summed E-state index contributed by atoms with van der Waals surface area (Å²) in [6.45, 7) is 0.